The lowest BCUT2D eigenvalue weighted by molar-refractivity contribution is 0.0808. The SMILES string of the molecule is CO[C@H](CCCCCN(C)C)CCCC(C)(C)C. The summed E-state index contributed by atoms with van der Waals surface area (Å²) in [6.45, 7) is 8.16. The highest BCUT2D eigenvalue weighted by atomic mass is 16.5. The Bertz CT molecular complexity index is 184. The Morgan fingerprint density at radius 1 is 0.944 bits per heavy atom. The Kier molecular flexibility index (Phi) is 9.76. The molecule has 0 fully saturated rings. The number of hydrogen-bond donors (Lipinski definition) is 0. The average molecular weight is 257 g/mol. The molecular formula is C16H35NO. The van der Waals surface area contributed by atoms with E-state index in [0.29, 0.717) is 11.5 Å². The average Bonchev–Trinajstić information content (AvgIpc) is 2.24. The summed E-state index contributed by atoms with van der Waals surface area (Å²) in [5.74, 6) is 0. The Hall–Kier alpha value is -0.0800. The molecule has 0 saturated heterocycles. The van der Waals surface area contributed by atoms with Crippen molar-refractivity contribution in [1.82, 2.24) is 4.90 Å². The van der Waals surface area contributed by atoms with Crippen LogP contribution in [0.1, 0.15) is 65.7 Å². The summed E-state index contributed by atoms with van der Waals surface area (Å²) in [5.41, 5.74) is 0.462. The summed E-state index contributed by atoms with van der Waals surface area (Å²) in [4.78, 5) is 2.26. The van der Waals surface area contributed by atoms with E-state index in [1.54, 1.807) is 0 Å². The van der Waals surface area contributed by atoms with Gasteiger partial charge in [0.05, 0.1) is 6.10 Å². The zero-order valence-corrected chi connectivity index (χ0v) is 13.6. The standard InChI is InChI=1S/C16H35NO/c1-16(2,3)13-10-12-15(18-6)11-8-7-9-14-17(4)5/h15H,7-14H2,1-6H3/t15-/m1/s1. The summed E-state index contributed by atoms with van der Waals surface area (Å²) < 4.78 is 5.58. The first-order valence-corrected chi connectivity index (χ1v) is 7.52. The second-order valence-corrected chi connectivity index (χ2v) is 6.96. The normalized spacial score (nSPS) is 14.2. The molecule has 18 heavy (non-hydrogen) atoms. The van der Waals surface area contributed by atoms with Crippen molar-refractivity contribution in [1.29, 1.82) is 0 Å². The van der Waals surface area contributed by atoms with Crippen molar-refractivity contribution in [2.75, 3.05) is 27.7 Å². The molecule has 1 atom stereocenters. The number of hydrogen-bond acceptors (Lipinski definition) is 2. The van der Waals surface area contributed by atoms with Gasteiger partial charge in [-0.05, 0) is 51.7 Å². The third kappa shape index (κ3) is 12.4. The quantitative estimate of drug-likeness (QED) is 0.540. The first-order valence-electron chi connectivity index (χ1n) is 7.52. The third-order valence-electron chi connectivity index (χ3n) is 3.42. The summed E-state index contributed by atoms with van der Waals surface area (Å²) in [6.07, 6.45) is 9.47. The van der Waals surface area contributed by atoms with E-state index in [1.165, 1.54) is 51.5 Å². The van der Waals surface area contributed by atoms with Crippen LogP contribution in [0.2, 0.25) is 0 Å². The maximum atomic E-state index is 5.58. The first kappa shape index (κ1) is 17.9. The summed E-state index contributed by atoms with van der Waals surface area (Å²) in [6, 6.07) is 0. The topological polar surface area (TPSA) is 12.5 Å². The lowest BCUT2D eigenvalue weighted by atomic mass is 9.89. The van der Waals surface area contributed by atoms with Gasteiger partial charge < -0.3 is 9.64 Å². The largest absolute Gasteiger partial charge is 0.381 e. The van der Waals surface area contributed by atoms with Crippen molar-refractivity contribution in [3.8, 4) is 0 Å². The summed E-state index contributed by atoms with van der Waals surface area (Å²) >= 11 is 0. The number of unbranched alkanes of at least 4 members (excludes halogenated alkanes) is 2. The van der Waals surface area contributed by atoms with Gasteiger partial charge in [-0.15, -0.1) is 0 Å². The maximum Gasteiger partial charge on any atom is 0.0571 e. The van der Waals surface area contributed by atoms with Crippen LogP contribution in [0, 0.1) is 5.41 Å². The first-order chi connectivity index (χ1) is 8.35. The highest BCUT2D eigenvalue weighted by molar-refractivity contribution is 4.65. The van der Waals surface area contributed by atoms with Crippen molar-refractivity contribution in [3.05, 3.63) is 0 Å². The Morgan fingerprint density at radius 3 is 2.06 bits per heavy atom. The van der Waals surface area contributed by atoms with Crippen LogP contribution in [0.25, 0.3) is 0 Å². The van der Waals surface area contributed by atoms with Gasteiger partial charge in [0.15, 0.2) is 0 Å². The van der Waals surface area contributed by atoms with Gasteiger partial charge in [0, 0.05) is 7.11 Å². The van der Waals surface area contributed by atoms with Crippen molar-refractivity contribution in [3.63, 3.8) is 0 Å². The van der Waals surface area contributed by atoms with Crippen LogP contribution in [-0.2, 0) is 4.74 Å². The fourth-order valence-electron chi connectivity index (χ4n) is 2.22. The second-order valence-electron chi connectivity index (χ2n) is 6.96. The van der Waals surface area contributed by atoms with E-state index >= 15 is 0 Å². The molecular weight excluding hydrogens is 222 g/mol. The van der Waals surface area contributed by atoms with Crippen LogP contribution in [0.5, 0.6) is 0 Å². The molecule has 0 aliphatic heterocycles. The predicted molar refractivity (Wildman–Crippen MR) is 81.1 cm³/mol. The third-order valence-corrected chi connectivity index (χ3v) is 3.42. The zero-order chi connectivity index (χ0) is 14.0. The van der Waals surface area contributed by atoms with E-state index in [9.17, 15) is 0 Å². The van der Waals surface area contributed by atoms with Crippen molar-refractivity contribution in [2.45, 2.75) is 71.8 Å². The molecule has 0 radical (unpaired) electrons. The molecule has 2 nitrogen and oxygen atoms in total. The van der Waals surface area contributed by atoms with Crippen molar-refractivity contribution in [2.24, 2.45) is 5.41 Å². The van der Waals surface area contributed by atoms with E-state index in [2.05, 4.69) is 39.8 Å². The molecule has 0 saturated carbocycles. The van der Waals surface area contributed by atoms with Gasteiger partial charge in [0.2, 0.25) is 0 Å². The van der Waals surface area contributed by atoms with Crippen LogP contribution in [-0.4, -0.2) is 38.8 Å². The maximum absolute atomic E-state index is 5.58. The molecule has 0 aromatic heterocycles. The van der Waals surface area contributed by atoms with Crippen LogP contribution in [0.4, 0.5) is 0 Å². The molecule has 0 bridgehead atoms. The summed E-state index contributed by atoms with van der Waals surface area (Å²) in [7, 11) is 6.15. The molecule has 0 spiro atoms. The molecule has 0 heterocycles. The lowest BCUT2D eigenvalue weighted by Gasteiger charge is -2.20. The fourth-order valence-corrected chi connectivity index (χ4v) is 2.22. The minimum Gasteiger partial charge on any atom is -0.381 e. The molecule has 0 rings (SSSR count). The highest BCUT2D eigenvalue weighted by Crippen LogP contribution is 2.23. The van der Waals surface area contributed by atoms with E-state index in [4.69, 9.17) is 4.74 Å². The molecule has 0 aliphatic carbocycles. The van der Waals surface area contributed by atoms with Gasteiger partial charge in [-0.25, -0.2) is 0 Å². The molecule has 0 amide bonds. The smallest absolute Gasteiger partial charge is 0.0571 e. The minimum absolute atomic E-state index is 0.462. The van der Waals surface area contributed by atoms with Crippen LogP contribution >= 0.6 is 0 Å². The number of methoxy groups -OCH3 is 1. The van der Waals surface area contributed by atoms with Crippen LogP contribution < -0.4 is 0 Å². The van der Waals surface area contributed by atoms with E-state index in [-0.39, 0.29) is 0 Å². The van der Waals surface area contributed by atoms with Crippen molar-refractivity contribution < 1.29 is 4.74 Å². The van der Waals surface area contributed by atoms with Gasteiger partial charge in [0.1, 0.15) is 0 Å². The van der Waals surface area contributed by atoms with E-state index in [1.807, 2.05) is 7.11 Å². The van der Waals surface area contributed by atoms with Gasteiger partial charge in [0.25, 0.3) is 0 Å². The summed E-state index contributed by atoms with van der Waals surface area (Å²) in [5, 5.41) is 0. The Labute approximate surface area is 115 Å². The molecule has 0 aliphatic rings. The second kappa shape index (κ2) is 9.80. The Balaban J connectivity index is 3.52. The highest BCUT2D eigenvalue weighted by Gasteiger charge is 2.12. The fraction of sp³-hybridized carbons (Fsp3) is 1.00. The van der Waals surface area contributed by atoms with E-state index in [0.717, 1.165) is 0 Å². The minimum atomic E-state index is 0.462. The molecule has 0 N–H and O–H groups in total. The Morgan fingerprint density at radius 2 is 1.56 bits per heavy atom. The molecule has 0 unspecified atom stereocenters. The van der Waals surface area contributed by atoms with Gasteiger partial charge in [-0.2, -0.15) is 0 Å². The van der Waals surface area contributed by atoms with Crippen LogP contribution in [0.15, 0.2) is 0 Å². The molecule has 0 aromatic rings. The monoisotopic (exact) mass is 257 g/mol. The number of ether oxygens (including phenoxy) is 1. The van der Waals surface area contributed by atoms with Crippen LogP contribution in [0.3, 0.4) is 0 Å². The molecule has 2 heteroatoms. The van der Waals surface area contributed by atoms with Gasteiger partial charge in [-0.3, -0.25) is 0 Å². The lowest BCUT2D eigenvalue weighted by Crippen LogP contribution is -2.14. The number of nitrogens with zero attached hydrogens (tertiary/aromatic N) is 1. The molecule has 0 aromatic carbocycles. The molecule has 110 valence electrons. The predicted octanol–water partition coefficient (Wildman–Crippen LogP) is 4.34. The van der Waals surface area contributed by atoms with Gasteiger partial charge >= 0.3 is 0 Å². The van der Waals surface area contributed by atoms with E-state index < -0.39 is 0 Å². The zero-order valence-electron chi connectivity index (χ0n) is 13.6. The van der Waals surface area contributed by atoms with Gasteiger partial charge in [-0.1, -0.05) is 40.0 Å². The number of rotatable bonds is 10. The van der Waals surface area contributed by atoms with Crippen molar-refractivity contribution >= 4 is 0 Å².